The van der Waals surface area contributed by atoms with E-state index in [-0.39, 0.29) is 40.9 Å². The van der Waals surface area contributed by atoms with Crippen molar-refractivity contribution in [3.8, 4) is 17.1 Å². The Morgan fingerprint density at radius 2 is 1.74 bits per heavy atom. The van der Waals surface area contributed by atoms with Crippen molar-refractivity contribution < 1.29 is 31.9 Å². The van der Waals surface area contributed by atoms with Crippen LogP contribution in [0.4, 0.5) is 40.4 Å². The second-order valence-corrected chi connectivity index (χ2v) is 7.80. The molecule has 0 bridgehead atoms. The zero-order chi connectivity index (χ0) is 28.0. The number of alkyl halides is 3. The molecule has 0 spiro atoms. The molecular weight excluding hydrogens is 522 g/mol. The summed E-state index contributed by atoms with van der Waals surface area (Å²) in [5, 5.41) is 5.85. The SMILES string of the molecule is CCONC(=O)c1cnc(Nc2cncc(C(F)(F)F)c2)cc1Nc1cccc(-c2ncc(F)cn2)c1OC. The van der Waals surface area contributed by atoms with Gasteiger partial charge in [0.1, 0.15) is 5.82 Å². The molecule has 0 atom stereocenters. The molecular formula is C25H21F4N7O3. The van der Waals surface area contributed by atoms with E-state index in [0.29, 0.717) is 17.4 Å². The molecule has 0 fully saturated rings. The Labute approximate surface area is 219 Å². The molecule has 4 aromatic rings. The number of hydrogen-bond acceptors (Lipinski definition) is 9. The fourth-order valence-corrected chi connectivity index (χ4v) is 3.44. The van der Waals surface area contributed by atoms with Crippen molar-refractivity contribution in [2.45, 2.75) is 13.1 Å². The summed E-state index contributed by atoms with van der Waals surface area (Å²) < 4.78 is 58.3. The maximum absolute atomic E-state index is 13.3. The summed E-state index contributed by atoms with van der Waals surface area (Å²) >= 11 is 0. The smallest absolute Gasteiger partial charge is 0.417 e. The summed E-state index contributed by atoms with van der Waals surface area (Å²) in [6.45, 7) is 1.89. The molecule has 0 aliphatic carbocycles. The van der Waals surface area contributed by atoms with Crippen molar-refractivity contribution in [1.29, 1.82) is 0 Å². The van der Waals surface area contributed by atoms with Crippen molar-refractivity contribution >= 4 is 28.8 Å². The van der Waals surface area contributed by atoms with Gasteiger partial charge in [0.05, 0.1) is 66.1 Å². The second-order valence-electron chi connectivity index (χ2n) is 7.80. The van der Waals surface area contributed by atoms with Gasteiger partial charge in [0.15, 0.2) is 17.4 Å². The van der Waals surface area contributed by atoms with E-state index in [1.54, 1.807) is 25.1 Å². The lowest BCUT2D eigenvalue weighted by atomic mass is 10.1. The molecule has 4 rings (SSSR count). The summed E-state index contributed by atoms with van der Waals surface area (Å²) in [5.41, 5.74) is 2.45. The van der Waals surface area contributed by atoms with Gasteiger partial charge >= 0.3 is 6.18 Å². The number of anilines is 4. The molecule has 0 saturated heterocycles. The van der Waals surface area contributed by atoms with Gasteiger partial charge in [-0.25, -0.2) is 24.8 Å². The van der Waals surface area contributed by atoms with E-state index < -0.39 is 23.5 Å². The third kappa shape index (κ3) is 6.54. The number of carbonyl (C=O) groups excluding carboxylic acids is 1. The Hall–Kier alpha value is -4.85. The second kappa shape index (κ2) is 11.7. The first-order valence-electron chi connectivity index (χ1n) is 11.3. The molecule has 202 valence electrons. The third-order valence-electron chi connectivity index (χ3n) is 5.15. The average molecular weight is 543 g/mol. The van der Waals surface area contributed by atoms with Gasteiger partial charge in [-0.15, -0.1) is 0 Å². The van der Waals surface area contributed by atoms with Crippen LogP contribution in [0.5, 0.6) is 5.75 Å². The number of nitrogens with one attached hydrogen (secondary N) is 3. The standard InChI is InChI=1S/C25H21F4N7O3/c1-3-39-36-24(37)18-13-31-21(34-16-7-14(9-30-12-16)25(27,28)29)8-20(18)35-19-6-4-5-17(22(19)38-2)23-32-10-15(26)11-33-23/h4-13H,3H2,1-2H3,(H,36,37)(H2,31,34,35). The zero-order valence-electron chi connectivity index (χ0n) is 20.5. The average Bonchev–Trinajstić information content (AvgIpc) is 2.92. The Bertz CT molecular complexity index is 1470. The van der Waals surface area contributed by atoms with Crippen LogP contribution in [-0.2, 0) is 11.0 Å². The molecule has 0 aliphatic rings. The number of nitrogens with zero attached hydrogens (tertiary/aromatic N) is 4. The number of methoxy groups -OCH3 is 1. The molecule has 3 N–H and O–H groups in total. The Morgan fingerprint density at radius 3 is 2.44 bits per heavy atom. The summed E-state index contributed by atoms with van der Waals surface area (Å²) in [5.74, 6) is -0.640. The molecule has 3 aromatic heterocycles. The number of benzene rings is 1. The number of halogens is 4. The molecule has 39 heavy (non-hydrogen) atoms. The van der Waals surface area contributed by atoms with Gasteiger partial charge in [0.25, 0.3) is 5.91 Å². The molecule has 0 saturated carbocycles. The van der Waals surface area contributed by atoms with Crippen LogP contribution in [0.3, 0.4) is 0 Å². The highest BCUT2D eigenvalue weighted by Crippen LogP contribution is 2.37. The van der Waals surface area contributed by atoms with E-state index in [2.05, 4.69) is 36.0 Å². The van der Waals surface area contributed by atoms with Gasteiger partial charge < -0.3 is 15.4 Å². The van der Waals surface area contributed by atoms with Crippen LogP contribution < -0.4 is 20.9 Å². The highest BCUT2D eigenvalue weighted by atomic mass is 19.4. The van der Waals surface area contributed by atoms with E-state index in [0.717, 1.165) is 18.5 Å². The lowest BCUT2D eigenvalue weighted by Crippen LogP contribution is -2.24. The van der Waals surface area contributed by atoms with E-state index >= 15 is 0 Å². The molecule has 1 aromatic carbocycles. The fourth-order valence-electron chi connectivity index (χ4n) is 3.44. The summed E-state index contributed by atoms with van der Waals surface area (Å²) in [4.78, 5) is 33.5. The van der Waals surface area contributed by atoms with Gasteiger partial charge in [-0.2, -0.15) is 13.2 Å². The number of hydroxylamine groups is 1. The predicted octanol–water partition coefficient (Wildman–Crippen LogP) is 5.27. The topological polar surface area (TPSA) is 123 Å². The van der Waals surface area contributed by atoms with Crippen LogP contribution in [0.2, 0.25) is 0 Å². The molecule has 0 unspecified atom stereocenters. The van der Waals surface area contributed by atoms with Crippen molar-refractivity contribution in [1.82, 2.24) is 25.4 Å². The van der Waals surface area contributed by atoms with Gasteiger partial charge in [0.2, 0.25) is 0 Å². The predicted molar refractivity (Wildman–Crippen MR) is 133 cm³/mol. The first kappa shape index (κ1) is 27.2. The van der Waals surface area contributed by atoms with Crippen LogP contribution >= 0.6 is 0 Å². The van der Waals surface area contributed by atoms with Crippen molar-refractivity contribution in [3.05, 3.63) is 78.3 Å². The van der Waals surface area contributed by atoms with E-state index in [4.69, 9.17) is 9.57 Å². The Kier molecular flexibility index (Phi) is 8.15. The molecule has 1 amide bonds. The molecule has 14 heteroatoms. The fraction of sp³-hybridized carbons (Fsp3) is 0.160. The number of ether oxygens (including phenoxy) is 1. The quantitative estimate of drug-likeness (QED) is 0.191. The third-order valence-corrected chi connectivity index (χ3v) is 5.15. The van der Waals surface area contributed by atoms with Gasteiger partial charge in [0, 0.05) is 18.5 Å². The van der Waals surface area contributed by atoms with Crippen LogP contribution in [0, 0.1) is 5.82 Å². The number of amides is 1. The Morgan fingerprint density at radius 1 is 0.974 bits per heavy atom. The highest BCUT2D eigenvalue weighted by Gasteiger charge is 2.31. The number of hydrogen-bond donors (Lipinski definition) is 3. The molecule has 0 aliphatic heterocycles. The maximum Gasteiger partial charge on any atom is 0.417 e. The van der Waals surface area contributed by atoms with Gasteiger partial charge in [-0.1, -0.05) is 6.07 Å². The number of aromatic nitrogens is 4. The zero-order valence-corrected chi connectivity index (χ0v) is 20.5. The van der Waals surface area contributed by atoms with Crippen LogP contribution in [0.25, 0.3) is 11.4 Å². The van der Waals surface area contributed by atoms with Crippen molar-refractivity contribution in [2.24, 2.45) is 0 Å². The lowest BCUT2D eigenvalue weighted by Gasteiger charge is -2.17. The number of carbonyl (C=O) groups is 1. The van der Waals surface area contributed by atoms with Crippen molar-refractivity contribution in [3.63, 3.8) is 0 Å². The summed E-state index contributed by atoms with van der Waals surface area (Å²) in [7, 11) is 1.41. The maximum atomic E-state index is 13.3. The number of para-hydroxylation sites is 1. The normalized spacial score (nSPS) is 11.1. The minimum atomic E-state index is -4.58. The summed E-state index contributed by atoms with van der Waals surface area (Å²) in [6, 6.07) is 7.29. The Balaban J connectivity index is 1.73. The largest absolute Gasteiger partial charge is 0.494 e. The molecule has 0 radical (unpaired) electrons. The minimum absolute atomic E-state index is 0.0304. The minimum Gasteiger partial charge on any atom is -0.494 e. The van der Waals surface area contributed by atoms with Crippen molar-refractivity contribution in [2.75, 3.05) is 24.4 Å². The van der Waals surface area contributed by atoms with Gasteiger partial charge in [-0.05, 0) is 25.1 Å². The first-order chi connectivity index (χ1) is 18.7. The lowest BCUT2D eigenvalue weighted by molar-refractivity contribution is -0.137. The van der Waals surface area contributed by atoms with Gasteiger partial charge in [-0.3, -0.25) is 14.6 Å². The van der Waals surface area contributed by atoms with E-state index in [9.17, 15) is 22.4 Å². The first-order valence-corrected chi connectivity index (χ1v) is 11.3. The van der Waals surface area contributed by atoms with Crippen LogP contribution in [0.1, 0.15) is 22.8 Å². The van der Waals surface area contributed by atoms with E-state index in [1.807, 2.05) is 0 Å². The summed E-state index contributed by atoms with van der Waals surface area (Å²) in [6.07, 6.45) is 0.579. The van der Waals surface area contributed by atoms with Crippen LogP contribution in [0.15, 0.2) is 61.3 Å². The van der Waals surface area contributed by atoms with E-state index in [1.165, 1.54) is 25.6 Å². The number of pyridine rings is 2. The monoisotopic (exact) mass is 543 g/mol. The molecule has 10 nitrogen and oxygen atoms in total. The van der Waals surface area contributed by atoms with Crippen LogP contribution in [-0.4, -0.2) is 39.6 Å². The highest BCUT2D eigenvalue weighted by molar-refractivity contribution is 6.00. The number of rotatable bonds is 9. The molecule has 3 heterocycles.